The first-order valence-electron chi connectivity index (χ1n) is 7.64. The molecule has 2 aromatic rings. The molecule has 3 rings (SSSR count). The van der Waals surface area contributed by atoms with E-state index in [9.17, 15) is 5.21 Å². The monoisotopic (exact) mass is 309 g/mol. The van der Waals surface area contributed by atoms with Crippen LogP contribution in [0.1, 0.15) is 33.9 Å². The topological polar surface area (TPSA) is 49.2 Å². The highest BCUT2D eigenvalue weighted by atomic mass is 16.6. The Bertz CT molecular complexity index is 775. The first kappa shape index (κ1) is 15.4. The molecule has 1 aliphatic rings. The standard InChI is InChI=1S/C19H19NO3/c1-12-9-13(2)18(14(3)16(12)10-20-21)22-11-17-19(23-17)15-7-5-4-6-8-15/h4-9,17,19H,11H2,1-3H3. The normalized spacial score (nSPS) is 18.9. The molecule has 1 saturated heterocycles. The number of epoxide rings is 1. The van der Waals surface area contributed by atoms with Gasteiger partial charge in [0.05, 0.1) is 0 Å². The third kappa shape index (κ3) is 3.15. The minimum Gasteiger partial charge on any atom is -0.498 e. The van der Waals surface area contributed by atoms with Crippen LogP contribution < -0.4 is 4.74 Å². The Morgan fingerprint density at radius 3 is 2.61 bits per heavy atom. The van der Waals surface area contributed by atoms with Crippen LogP contribution in [0.4, 0.5) is 0 Å². The fourth-order valence-electron chi connectivity index (χ4n) is 2.98. The van der Waals surface area contributed by atoms with Crippen LogP contribution in [0.15, 0.2) is 36.4 Å². The molecule has 0 bridgehead atoms. The van der Waals surface area contributed by atoms with Gasteiger partial charge in [0.25, 0.3) is 0 Å². The summed E-state index contributed by atoms with van der Waals surface area (Å²) >= 11 is 0. The molecule has 2 atom stereocenters. The van der Waals surface area contributed by atoms with Crippen molar-refractivity contribution in [1.82, 2.24) is 0 Å². The summed E-state index contributed by atoms with van der Waals surface area (Å²) in [7, 11) is 0. The van der Waals surface area contributed by atoms with Gasteiger partial charge in [-0.2, -0.15) is 0 Å². The lowest BCUT2D eigenvalue weighted by Crippen LogP contribution is -2.08. The molecule has 1 heterocycles. The van der Waals surface area contributed by atoms with Crippen molar-refractivity contribution in [2.45, 2.75) is 33.0 Å². The van der Waals surface area contributed by atoms with Crippen molar-refractivity contribution in [1.29, 1.82) is 0 Å². The highest BCUT2D eigenvalue weighted by Gasteiger charge is 2.40. The largest absolute Gasteiger partial charge is 0.498 e. The lowest BCUT2D eigenvalue weighted by Gasteiger charge is -2.13. The Balaban J connectivity index is 1.72. The van der Waals surface area contributed by atoms with Gasteiger partial charge in [-0.15, -0.1) is 0 Å². The Morgan fingerprint density at radius 1 is 1.17 bits per heavy atom. The van der Waals surface area contributed by atoms with Crippen LogP contribution in [0.5, 0.6) is 5.75 Å². The summed E-state index contributed by atoms with van der Waals surface area (Å²) in [6, 6.07) is 14.6. The van der Waals surface area contributed by atoms with Gasteiger partial charge >= 0.3 is 6.07 Å². The molecule has 0 aliphatic carbocycles. The number of rotatable bonds is 4. The summed E-state index contributed by atoms with van der Waals surface area (Å²) in [6.07, 6.45) is 0.176. The van der Waals surface area contributed by atoms with Crippen LogP contribution in [0, 0.1) is 32.0 Å². The number of benzene rings is 2. The van der Waals surface area contributed by atoms with Crippen LogP contribution in [0.3, 0.4) is 0 Å². The molecule has 0 spiro atoms. The quantitative estimate of drug-likeness (QED) is 0.624. The second kappa shape index (κ2) is 6.31. The van der Waals surface area contributed by atoms with Gasteiger partial charge in [0, 0.05) is 10.6 Å². The Kier molecular flexibility index (Phi) is 4.22. The average Bonchev–Trinajstić information content (AvgIpc) is 3.31. The molecule has 0 radical (unpaired) electrons. The average molecular weight is 309 g/mol. The minimum absolute atomic E-state index is 0.0677. The molecule has 0 aromatic heterocycles. The predicted molar refractivity (Wildman–Crippen MR) is 89.9 cm³/mol. The molecule has 2 aromatic carbocycles. The maximum atomic E-state index is 10.5. The van der Waals surface area contributed by atoms with E-state index in [-0.39, 0.29) is 12.2 Å². The highest BCUT2D eigenvalue weighted by molar-refractivity contribution is 5.55. The number of hydrogen-bond acceptors (Lipinski definition) is 3. The van der Waals surface area contributed by atoms with Crippen molar-refractivity contribution in [3.8, 4) is 11.8 Å². The molecule has 23 heavy (non-hydrogen) atoms. The van der Waals surface area contributed by atoms with Gasteiger partial charge in [0.1, 0.15) is 30.1 Å². The van der Waals surface area contributed by atoms with E-state index in [4.69, 9.17) is 9.47 Å². The van der Waals surface area contributed by atoms with Gasteiger partial charge in [-0.1, -0.05) is 36.4 Å². The van der Waals surface area contributed by atoms with E-state index in [1.165, 1.54) is 5.56 Å². The van der Waals surface area contributed by atoms with E-state index in [0.717, 1.165) is 22.4 Å². The molecule has 1 fully saturated rings. The molecule has 0 N–H and O–H groups in total. The van der Waals surface area contributed by atoms with E-state index in [0.29, 0.717) is 12.2 Å². The van der Waals surface area contributed by atoms with Gasteiger partial charge in [-0.25, -0.2) is 0 Å². The van der Waals surface area contributed by atoms with Gasteiger partial charge in [-0.3, -0.25) is 0 Å². The molecule has 2 unspecified atom stereocenters. The lowest BCUT2D eigenvalue weighted by atomic mass is 9.99. The van der Waals surface area contributed by atoms with Gasteiger partial charge in [0.15, 0.2) is 0 Å². The number of aryl methyl sites for hydroxylation is 2. The molecule has 118 valence electrons. The Labute approximate surface area is 136 Å². The SMILES string of the molecule is Cc1cc(C)c(OCC2OC2c2ccccc2)c(C)c1C#[N+][O-]. The summed E-state index contributed by atoms with van der Waals surface area (Å²) in [5.74, 6) is 0.782. The number of hydrogen-bond donors (Lipinski definition) is 0. The lowest BCUT2D eigenvalue weighted by molar-refractivity contribution is 0.258. The molecule has 0 amide bonds. The van der Waals surface area contributed by atoms with E-state index in [1.807, 2.05) is 45.0 Å². The third-order valence-corrected chi connectivity index (χ3v) is 4.16. The second-order valence-electron chi connectivity index (χ2n) is 5.86. The van der Waals surface area contributed by atoms with Gasteiger partial charge in [-0.05, 0) is 37.5 Å². The van der Waals surface area contributed by atoms with Crippen LogP contribution >= 0.6 is 0 Å². The molecule has 4 nitrogen and oxygen atoms in total. The summed E-state index contributed by atoms with van der Waals surface area (Å²) in [5.41, 5.74) is 4.77. The number of nitrogens with zero attached hydrogens (tertiary/aromatic N) is 1. The maximum absolute atomic E-state index is 10.5. The van der Waals surface area contributed by atoms with Crippen molar-refractivity contribution in [2.75, 3.05) is 6.61 Å². The van der Waals surface area contributed by atoms with Crippen molar-refractivity contribution in [3.05, 3.63) is 74.4 Å². The predicted octanol–water partition coefficient (Wildman–Crippen LogP) is 4.31. The van der Waals surface area contributed by atoms with Crippen LogP contribution in [-0.4, -0.2) is 12.7 Å². The third-order valence-electron chi connectivity index (χ3n) is 4.16. The molecule has 0 saturated carbocycles. The molecule has 4 heteroatoms. The van der Waals surface area contributed by atoms with E-state index < -0.39 is 0 Å². The first-order valence-corrected chi connectivity index (χ1v) is 7.64. The maximum Gasteiger partial charge on any atom is 0.337 e. The van der Waals surface area contributed by atoms with Gasteiger partial charge < -0.3 is 14.7 Å². The fourth-order valence-corrected chi connectivity index (χ4v) is 2.98. The number of ether oxygens (including phenoxy) is 2. The van der Waals surface area contributed by atoms with E-state index in [1.54, 1.807) is 0 Å². The smallest absolute Gasteiger partial charge is 0.337 e. The summed E-state index contributed by atoms with van der Waals surface area (Å²) in [4.78, 5) is 0. The summed E-state index contributed by atoms with van der Waals surface area (Å²) in [6.45, 7) is 6.34. The summed E-state index contributed by atoms with van der Waals surface area (Å²) < 4.78 is 11.7. The minimum atomic E-state index is 0.0677. The van der Waals surface area contributed by atoms with Crippen molar-refractivity contribution < 1.29 is 9.47 Å². The molecular weight excluding hydrogens is 290 g/mol. The van der Waals surface area contributed by atoms with Crippen molar-refractivity contribution in [3.63, 3.8) is 0 Å². The Morgan fingerprint density at radius 2 is 1.91 bits per heavy atom. The van der Waals surface area contributed by atoms with Gasteiger partial charge in [0.2, 0.25) is 0 Å². The van der Waals surface area contributed by atoms with Crippen LogP contribution in [0.25, 0.3) is 5.01 Å². The molecular formula is C19H19NO3. The zero-order chi connectivity index (χ0) is 16.4. The van der Waals surface area contributed by atoms with E-state index in [2.05, 4.69) is 23.2 Å². The zero-order valence-corrected chi connectivity index (χ0v) is 13.5. The highest BCUT2D eigenvalue weighted by Crippen LogP contribution is 2.39. The van der Waals surface area contributed by atoms with Crippen molar-refractivity contribution >= 4 is 0 Å². The fraction of sp³-hybridized carbons (Fsp3) is 0.316. The first-order chi connectivity index (χ1) is 11.1. The van der Waals surface area contributed by atoms with E-state index >= 15 is 0 Å². The van der Waals surface area contributed by atoms with Crippen LogP contribution in [0.2, 0.25) is 0 Å². The zero-order valence-electron chi connectivity index (χ0n) is 13.5. The second-order valence-corrected chi connectivity index (χ2v) is 5.86. The van der Waals surface area contributed by atoms with Crippen molar-refractivity contribution in [2.24, 2.45) is 0 Å². The molecule has 1 aliphatic heterocycles. The van der Waals surface area contributed by atoms with Crippen LogP contribution in [-0.2, 0) is 4.74 Å². The summed E-state index contributed by atoms with van der Waals surface area (Å²) in [5, 5.41) is 13.3. The Hall–Kier alpha value is -2.51.